The minimum atomic E-state index is -0.829. The van der Waals surface area contributed by atoms with E-state index in [0.717, 1.165) is 23.1 Å². The van der Waals surface area contributed by atoms with E-state index in [2.05, 4.69) is 61.0 Å². The van der Waals surface area contributed by atoms with E-state index in [4.69, 9.17) is 5.11 Å². The van der Waals surface area contributed by atoms with E-state index in [0.29, 0.717) is 5.57 Å². The summed E-state index contributed by atoms with van der Waals surface area (Å²) in [6.07, 6.45) is 4.68. The molecule has 0 spiro atoms. The molecular formula is C26H31NO2. The summed E-state index contributed by atoms with van der Waals surface area (Å²) in [6, 6.07) is 18.9. The van der Waals surface area contributed by atoms with Crippen molar-refractivity contribution in [2.75, 3.05) is 0 Å². The molecule has 0 aliphatic heterocycles. The van der Waals surface area contributed by atoms with Crippen molar-refractivity contribution in [3.8, 4) is 0 Å². The summed E-state index contributed by atoms with van der Waals surface area (Å²) in [5.74, 6) is -0.829. The van der Waals surface area contributed by atoms with E-state index in [9.17, 15) is 4.79 Å². The zero-order valence-electron chi connectivity index (χ0n) is 18.1. The number of carboxylic acid groups (broad SMARTS) is 1. The van der Waals surface area contributed by atoms with Crippen LogP contribution in [-0.2, 0) is 11.2 Å². The van der Waals surface area contributed by atoms with E-state index < -0.39 is 5.97 Å². The Morgan fingerprint density at radius 2 is 1.62 bits per heavy atom. The number of carbonyl (C=O) groups is 1. The Kier molecular flexibility index (Phi) is 10.1. The van der Waals surface area contributed by atoms with E-state index in [1.807, 2.05) is 25.3 Å². The molecule has 152 valence electrons. The monoisotopic (exact) mass is 389 g/mol. The van der Waals surface area contributed by atoms with Crippen molar-refractivity contribution in [3.63, 3.8) is 0 Å². The summed E-state index contributed by atoms with van der Waals surface area (Å²) in [5, 5.41) is 11.0. The van der Waals surface area contributed by atoms with Crippen LogP contribution < -0.4 is 0 Å². The van der Waals surface area contributed by atoms with Gasteiger partial charge in [-0.2, -0.15) is 0 Å². The summed E-state index contributed by atoms with van der Waals surface area (Å²) >= 11 is 0. The van der Waals surface area contributed by atoms with E-state index >= 15 is 0 Å². The van der Waals surface area contributed by atoms with Gasteiger partial charge in [0.2, 0.25) is 0 Å². The van der Waals surface area contributed by atoms with Crippen LogP contribution in [0.4, 0.5) is 0 Å². The Balaban J connectivity index is 0.000000224. The number of aryl methyl sites for hydroxylation is 1. The third-order valence-corrected chi connectivity index (χ3v) is 4.49. The lowest BCUT2D eigenvalue weighted by molar-refractivity contribution is -0.132. The first-order valence-corrected chi connectivity index (χ1v) is 9.67. The highest BCUT2D eigenvalue weighted by Crippen LogP contribution is 2.18. The second-order valence-electron chi connectivity index (χ2n) is 6.94. The molecule has 0 aliphatic rings. The van der Waals surface area contributed by atoms with Crippen LogP contribution in [0.15, 0.2) is 84.7 Å². The van der Waals surface area contributed by atoms with Gasteiger partial charge < -0.3 is 5.11 Å². The molecule has 29 heavy (non-hydrogen) atoms. The summed E-state index contributed by atoms with van der Waals surface area (Å²) in [4.78, 5) is 14.0. The molecule has 0 fully saturated rings. The zero-order valence-corrected chi connectivity index (χ0v) is 18.1. The van der Waals surface area contributed by atoms with Gasteiger partial charge in [-0.05, 0) is 67.7 Å². The Labute approximate surface area is 174 Å². The summed E-state index contributed by atoms with van der Waals surface area (Å²) in [5.41, 5.74) is 4.90. The molecule has 3 heteroatoms. The minimum absolute atomic E-state index is 0.435. The van der Waals surface area contributed by atoms with Gasteiger partial charge in [0.05, 0.1) is 0 Å². The third-order valence-electron chi connectivity index (χ3n) is 4.49. The smallest absolute Gasteiger partial charge is 0.331 e. The van der Waals surface area contributed by atoms with Crippen LogP contribution in [0, 0.1) is 0 Å². The molecule has 1 aromatic heterocycles. The second-order valence-corrected chi connectivity index (χ2v) is 6.94. The van der Waals surface area contributed by atoms with Crippen LogP contribution in [0.3, 0.4) is 0 Å². The highest BCUT2D eigenvalue weighted by molar-refractivity contribution is 5.86. The van der Waals surface area contributed by atoms with Crippen molar-refractivity contribution in [1.82, 2.24) is 4.98 Å². The van der Waals surface area contributed by atoms with Gasteiger partial charge in [-0.1, -0.05) is 67.6 Å². The van der Waals surface area contributed by atoms with Crippen LogP contribution in [-0.4, -0.2) is 16.1 Å². The average Bonchev–Trinajstić information content (AvgIpc) is 2.74. The molecule has 3 nitrogen and oxygen atoms in total. The number of aliphatic carboxylic acids is 1. The first-order valence-electron chi connectivity index (χ1n) is 9.67. The number of nitrogens with zero attached hydrogens (tertiary/aromatic N) is 1. The molecule has 0 atom stereocenters. The fourth-order valence-electron chi connectivity index (χ4n) is 2.43. The Hall–Kier alpha value is -3.20. The van der Waals surface area contributed by atoms with Crippen molar-refractivity contribution < 1.29 is 9.90 Å². The number of carboxylic acids is 1. The standard InChI is InChI=1S/C12H12.C8H9N.C6H10O2/c1-2-10-7-5-8-11-6-3-4-9-12(10)11;1-7(2)8-4-3-5-9-6-8;1-4(2)5(3)6(7)8/h3-9H,2H2,1H3;3-6H,1H2,2H3;1-3H3,(H,7,8). The normalized spacial score (nSPS) is 9.41. The number of rotatable bonds is 3. The van der Waals surface area contributed by atoms with Gasteiger partial charge in [-0.25, -0.2) is 4.79 Å². The quantitative estimate of drug-likeness (QED) is 0.493. The zero-order chi connectivity index (χ0) is 21.8. The predicted molar refractivity (Wildman–Crippen MR) is 124 cm³/mol. The fourth-order valence-corrected chi connectivity index (χ4v) is 2.43. The SMILES string of the molecule is C=C(C)c1cccnc1.CC(C)=C(C)C(=O)O.CCc1cccc2ccccc12. The van der Waals surface area contributed by atoms with Gasteiger partial charge in [-0.3, -0.25) is 4.98 Å². The van der Waals surface area contributed by atoms with Gasteiger partial charge in [0.15, 0.2) is 0 Å². The molecule has 0 saturated carbocycles. The molecular weight excluding hydrogens is 358 g/mol. The van der Waals surface area contributed by atoms with E-state index in [-0.39, 0.29) is 0 Å². The number of allylic oxidation sites excluding steroid dienone is 2. The van der Waals surface area contributed by atoms with Crippen LogP contribution in [0.5, 0.6) is 0 Å². The van der Waals surface area contributed by atoms with Crippen molar-refractivity contribution in [2.24, 2.45) is 0 Å². The Bertz CT molecular complexity index is 963. The maximum Gasteiger partial charge on any atom is 0.331 e. The molecule has 0 unspecified atom stereocenters. The minimum Gasteiger partial charge on any atom is -0.478 e. The molecule has 0 radical (unpaired) electrons. The molecule has 1 N–H and O–H groups in total. The van der Waals surface area contributed by atoms with Crippen molar-refractivity contribution in [2.45, 2.75) is 41.0 Å². The highest BCUT2D eigenvalue weighted by atomic mass is 16.4. The third kappa shape index (κ3) is 8.14. The lowest BCUT2D eigenvalue weighted by Gasteiger charge is -2.02. The molecule has 0 bridgehead atoms. The topological polar surface area (TPSA) is 50.2 Å². The van der Waals surface area contributed by atoms with Gasteiger partial charge >= 0.3 is 5.97 Å². The first-order chi connectivity index (χ1) is 13.8. The maximum atomic E-state index is 10.1. The summed E-state index contributed by atoms with van der Waals surface area (Å²) in [7, 11) is 0. The lowest BCUT2D eigenvalue weighted by Crippen LogP contribution is -1.97. The molecule has 0 amide bonds. The van der Waals surface area contributed by atoms with Gasteiger partial charge in [0.1, 0.15) is 0 Å². The van der Waals surface area contributed by atoms with Gasteiger partial charge in [0, 0.05) is 18.0 Å². The number of pyridine rings is 1. The van der Waals surface area contributed by atoms with Crippen LogP contribution >= 0.6 is 0 Å². The number of hydrogen-bond acceptors (Lipinski definition) is 2. The van der Waals surface area contributed by atoms with Crippen molar-refractivity contribution >= 4 is 22.3 Å². The van der Waals surface area contributed by atoms with Crippen molar-refractivity contribution in [3.05, 3.63) is 95.8 Å². The summed E-state index contributed by atoms with van der Waals surface area (Å²) in [6.45, 7) is 13.1. The van der Waals surface area contributed by atoms with Crippen LogP contribution in [0.2, 0.25) is 0 Å². The van der Waals surface area contributed by atoms with Gasteiger partial charge in [0.25, 0.3) is 0 Å². The number of aromatic nitrogens is 1. The average molecular weight is 390 g/mol. The molecule has 2 aromatic carbocycles. The Morgan fingerprint density at radius 3 is 2.07 bits per heavy atom. The highest BCUT2D eigenvalue weighted by Gasteiger charge is 1.99. The fraction of sp³-hybridized carbons (Fsp3) is 0.231. The van der Waals surface area contributed by atoms with Crippen molar-refractivity contribution in [1.29, 1.82) is 0 Å². The largest absolute Gasteiger partial charge is 0.478 e. The molecule has 0 aliphatic carbocycles. The van der Waals surface area contributed by atoms with Gasteiger partial charge in [-0.15, -0.1) is 0 Å². The predicted octanol–water partition coefficient (Wildman–Crippen LogP) is 6.94. The van der Waals surface area contributed by atoms with Crippen LogP contribution in [0.25, 0.3) is 16.3 Å². The number of hydrogen-bond donors (Lipinski definition) is 1. The molecule has 1 heterocycles. The number of benzene rings is 2. The second kappa shape index (κ2) is 12.3. The van der Waals surface area contributed by atoms with E-state index in [1.54, 1.807) is 27.0 Å². The first kappa shape index (κ1) is 23.8. The molecule has 3 rings (SSSR count). The van der Waals surface area contributed by atoms with E-state index in [1.165, 1.54) is 16.3 Å². The maximum absolute atomic E-state index is 10.1. The van der Waals surface area contributed by atoms with Crippen LogP contribution in [0.1, 0.15) is 45.7 Å². The molecule has 3 aromatic rings. The lowest BCUT2D eigenvalue weighted by atomic mass is 10.0. The summed E-state index contributed by atoms with van der Waals surface area (Å²) < 4.78 is 0. The Morgan fingerprint density at radius 1 is 0.966 bits per heavy atom. The number of fused-ring (bicyclic) bond motifs is 1. The molecule has 0 saturated heterocycles.